The molecule has 43 heavy (non-hydrogen) atoms. The van der Waals surface area contributed by atoms with Crippen LogP contribution in [0.25, 0.3) is 0 Å². The van der Waals surface area contributed by atoms with E-state index in [2.05, 4.69) is 5.32 Å². The highest BCUT2D eigenvalue weighted by Crippen LogP contribution is 2.38. The minimum absolute atomic E-state index is 0.0453. The predicted octanol–water partition coefficient (Wildman–Crippen LogP) is 4.12. The molecule has 0 bridgehead atoms. The van der Waals surface area contributed by atoms with Crippen molar-refractivity contribution >= 4 is 39.1 Å². The largest absolute Gasteiger partial charge is 0.497 e. The van der Waals surface area contributed by atoms with Crippen LogP contribution in [0.15, 0.2) is 65.6 Å². The molecule has 0 spiro atoms. The number of likely N-dealkylation sites (N-methyl/N-ethyl adjacent to an activating group) is 1. The molecule has 11 nitrogen and oxygen atoms in total. The van der Waals surface area contributed by atoms with E-state index in [-0.39, 0.29) is 28.6 Å². The van der Waals surface area contributed by atoms with Crippen LogP contribution in [0, 0.1) is 0 Å². The first-order valence-electron chi connectivity index (χ1n) is 13.3. The van der Waals surface area contributed by atoms with Crippen LogP contribution in [0.3, 0.4) is 0 Å². The summed E-state index contributed by atoms with van der Waals surface area (Å²) in [6, 6.07) is 14.7. The van der Waals surface area contributed by atoms with Gasteiger partial charge in [0.25, 0.3) is 10.0 Å². The molecule has 0 heterocycles. The molecule has 3 aromatic rings. The third-order valence-electron chi connectivity index (χ3n) is 6.69. The molecule has 0 saturated carbocycles. The number of halogens is 1. The first kappa shape index (κ1) is 33.3. The topological polar surface area (TPSA) is 124 Å². The Labute approximate surface area is 257 Å². The first-order chi connectivity index (χ1) is 20.5. The number of carbonyl (C=O) groups excluding carboxylic acids is 2. The Kier molecular flexibility index (Phi) is 11.5. The molecule has 0 saturated heterocycles. The maximum atomic E-state index is 14.3. The maximum Gasteiger partial charge on any atom is 0.265 e. The number of benzene rings is 3. The molecule has 1 N–H and O–H groups in total. The van der Waals surface area contributed by atoms with Gasteiger partial charge in [0.1, 0.15) is 24.1 Å². The molecule has 0 unspecified atom stereocenters. The molecule has 13 heteroatoms. The SMILES string of the molecule is CCNC(=O)[C@@H](C)N(Cc1ccccc1Cl)C(=O)CN(c1cc(OC)ccc1OC)S(=O)(=O)c1ccc(OC)c(OC)c1. The number of hydrogen-bond donors (Lipinski definition) is 1. The van der Waals surface area contributed by atoms with Crippen molar-refractivity contribution in [2.45, 2.75) is 31.3 Å². The summed E-state index contributed by atoms with van der Waals surface area (Å²) in [5.41, 5.74) is 0.635. The second-order valence-electron chi connectivity index (χ2n) is 9.25. The van der Waals surface area contributed by atoms with Crippen LogP contribution in [-0.4, -0.2) is 72.7 Å². The number of anilines is 1. The standard InChI is InChI=1S/C30H36ClN3O8S/c1-7-32-30(36)20(2)33(18-21-10-8-9-11-24(21)31)29(35)19-34(25-16-22(39-3)12-14-26(25)40-4)43(37,38)23-13-15-27(41-5)28(17-23)42-6/h8-17,20H,7,18-19H2,1-6H3,(H,32,36)/t20-/m1/s1. The third kappa shape index (κ3) is 7.63. The van der Waals surface area contributed by atoms with Crippen molar-refractivity contribution in [2.75, 3.05) is 45.8 Å². The van der Waals surface area contributed by atoms with E-state index in [1.54, 1.807) is 44.2 Å². The number of sulfonamides is 1. The number of rotatable bonds is 14. The van der Waals surface area contributed by atoms with Crippen LogP contribution in [0.5, 0.6) is 23.0 Å². The summed E-state index contributed by atoms with van der Waals surface area (Å²) in [5, 5.41) is 3.11. The number of methoxy groups -OCH3 is 4. The molecule has 0 aliphatic carbocycles. The second kappa shape index (κ2) is 14.8. The van der Waals surface area contributed by atoms with E-state index in [0.717, 1.165) is 4.31 Å². The van der Waals surface area contributed by atoms with Gasteiger partial charge in [0, 0.05) is 30.2 Å². The zero-order valence-corrected chi connectivity index (χ0v) is 26.5. The molecule has 1 atom stereocenters. The second-order valence-corrected chi connectivity index (χ2v) is 11.5. The molecule has 232 valence electrons. The summed E-state index contributed by atoms with van der Waals surface area (Å²) in [4.78, 5) is 28.2. The van der Waals surface area contributed by atoms with Crippen molar-refractivity contribution in [1.82, 2.24) is 10.2 Å². The molecular weight excluding hydrogens is 598 g/mol. The average Bonchev–Trinajstić information content (AvgIpc) is 3.02. The smallest absolute Gasteiger partial charge is 0.265 e. The Morgan fingerprint density at radius 1 is 0.884 bits per heavy atom. The summed E-state index contributed by atoms with van der Waals surface area (Å²) in [5.74, 6) is -0.0578. The number of amides is 2. The fourth-order valence-corrected chi connectivity index (χ4v) is 5.95. The van der Waals surface area contributed by atoms with Gasteiger partial charge in [-0.3, -0.25) is 13.9 Å². The monoisotopic (exact) mass is 633 g/mol. The highest BCUT2D eigenvalue weighted by atomic mass is 35.5. The van der Waals surface area contributed by atoms with Gasteiger partial charge in [-0.15, -0.1) is 0 Å². The van der Waals surface area contributed by atoms with E-state index in [9.17, 15) is 18.0 Å². The van der Waals surface area contributed by atoms with E-state index in [4.69, 9.17) is 30.5 Å². The number of nitrogens with zero attached hydrogens (tertiary/aromatic N) is 2. The Bertz CT molecular complexity index is 1550. The van der Waals surface area contributed by atoms with Crippen molar-refractivity contribution in [1.29, 1.82) is 0 Å². The Balaban J connectivity index is 2.18. The van der Waals surface area contributed by atoms with Crippen molar-refractivity contribution < 1.29 is 37.0 Å². The van der Waals surface area contributed by atoms with Crippen molar-refractivity contribution in [3.8, 4) is 23.0 Å². The fourth-order valence-electron chi connectivity index (χ4n) is 4.32. The summed E-state index contributed by atoms with van der Waals surface area (Å²) in [6.07, 6.45) is 0. The lowest BCUT2D eigenvalue weighted by Gasteiger charge is -2.32. The van der Waals surface area contributed by atoms with Crippen LogP contribution >= 0.6 is 11.6 Å². The lowest BCUT2D eigenvalue weighted by molar-refractivity contribution is -0.139. The van der Waals surface area contributed by atoms with Crippen LogP contribution in [0.2, 0.25) is 5.02 Å². The van der Waals surface area contributed by atoms with Gasteiger partial charge in [-0.05, 0) is 49.7 Å². The van der Waals surface area contributed by atoms with Gasteiger partial charge in [-0.1, -0.05) is 29.8 Å². The number of ether oxygens (including phenoxy) is 4. The van der Waals surface area contributed by atoms with Gasteiger partial charge in [-0.2, -0.15) is 0 Å². The van der Waals surface area contributed by atoms with E-state index in [1.807, 2.05) is 0 Å². The molecular formula is C30H36ClN3O8S. The van der Waals surface area contributed by atoms with Gasteiger partial charge in [0.05, 0.1) is 39.0 Å². The number of carbonyl (C=O) groups is 2. The highest BCUT2D eigenvalue weighted by Gasteiger charge is 2.34. The van der Waals surface area contributed by atoms with Gasteiger partial charge in [0.15, 0.2) is 11.5 Å². The number of nitrogens with one attached hydrogen (secondary N) is 1. The zero-order valence-electron chi connectivity index (χ0n) is 24.9. The van der Waals surface area contributed by atoms with Crippen LogP contribution in [0.4, 0.5) is 5.69 Å². The minimum Gasteiger partial charge on any atom is -0.497 e. The fraction of sp³-hybridized carbons (Fsp3) is 0.333. The maximum absolute atomic E-state index is 14.3. The molecule has 3 aromatic carbocycles. The first-order valence-corrected chi connectivity index (χ1v) is 15.1. The molecule has 0 aliphatic heterocycles. The molecule has 3 rings (SSSR count). The van der Waals surface area contributed by atoms with Crippen molar-refractivity contribution in [3.63, 3.8) is 0 Å². The summed E-state index contributed by atoms with van der Waals surface area (Å²) < 4.78 is 51.0. The van der Waals surface area contributed by atoms with Gasteiger partial charge in [-0.25, -0.2) is 8.42 Å². The summed E-state index contributed by atoms with van der Waals surface area (Å²) >= 11 is 6.40. The van der Waals surface area contributed by atoms with Gasteiger partial charge < -0.3 is 29.2 Å². The Morgan fingerprint density at radius 3 is 2.14 bits per heavy atom. The normalized spacial score (nSPS) is 11.7. The van der Waals surface area contributed by atoms with Gasteiger partial charge >= 0.3 is 0 Å². The van der Waals surface area contributed by atoms with E-state index in [1.165, 1.54) is 63.7 Å². The predicted molar refractivity (Wildman–Crippen MR) is 164 cm³/mol. The van der Waals surface area contributed by atoms with Crippen molar-refractivity contribution in [3.05, 3.63) is 71.2 Å². The van der Waals surface area contributed by atoms with Crippen LogP contribution in [-0.2, 0) is 26.2 Å². The molecule has 0 radical (unpaired) electrons. The van der Waals surface area contributed by atoms with Crippen LogP contribution in [0.1, 0.15) is 19.4 Å². The third-order valence-corrected chi connectivity index (χ3v) is 8.82. The zero-order chi connectivity index (χ0) is 31.7. The van der Waals surface area contributed by atoms with Gasteiger partial charge in [0.2, 0.25) is 11.8 Å². The van der Waals surface area contributed by atoms with E-state index >= 15 is 0 Å². The summed E-state index contributed by atoms with van der Waals surface area (Å²) in [6.45, 7) is 2.94. The average molecular weight is 634 g/mol. The number of hydrogen-bond acceptors (Lipinski definition) is 8. The molecule has 0 fully saturated rings. The van der Waals surface area contributed by atoms with E-state index in [0.29, 0.717) is 28.6 Å². The van der Waals surface area contributed by atoms with Crippen LogP contribution < -0.4 is 28.6 Å². The Morgan fingerprint density at radius 2 is 1.53 bits per heavy atom. The summed E-state index contributed by atoms with van der Waals surface area (Å²) in [7, 11) is 1.19. The molecule has 0 aliphatic rings. The van der Waals surface area contributed by atoms with E-state index < -0.39 is 34.4 Å². The minimum atomic E-state index is -4.45. The Hall–Kier alpha value is -4.16. The highest BCUT2D eigenvalue weighted by molar-refractivity contribution is 7.92. The lowest BCUT2D eigenvalue weighted by Crippen LogP contribution is -2.51. The van der Waals surface area contributed by atoms with Crippen molar-refractivity contribution in [2.24, 2.45) is 0 Å². The lowest BCUT2D eigenvalue weighted by atomic mass is 10.1. The molecule has 0 aromatic heterocycles. The quantitative estimate of drug-likeness (QED) is 0.281. The molecule has 2 amide bonds.